The molecule has 174 valence electrons. The maximum atomic E-state index is 12.2. The van der Waals surface area contributed by atoms with Crippen molar-refractivity contribution in [3.8, 4) is 17.0 Å². The summed E-state index contributed by atoms with van der Waals surface area (Å²) >= 11 is 8.06. The van der Waals surface area contributed by atoms with E-state index in [0.717, 1.165) is 23.4 Å². The molecule has 0 spiro atoms. The minimum atomic E-state index is -0.0874. The lowest BCUT2D eigenvalue weighted by Crippen LogP contribution is -2.40. The van der Waals surface area contributed by atoms with Crippen LogP contribution in [-0.2, 0) is 11.4 Å². The summed E-state index contributed by atoms with van der Waals surface area (Å²) in [5.41, 5.74) is 8.29. The van der Waals surface area contributed by atoms with Gasteiger partial charge in [0.25, 0.3) is 0 Å². The van der Waals surface area contributed by atoms with Crippen LogP contribution in [0.3, 0.4) is 0 Å². The molecule has 1 atom stereocenters. The molecular weight excluding hydrogens is 474 g/mol. The molecule has 11 heteroatoms. The molecule has 1 aromatic carbocycles. The highest BCUT2D eigenvalue weighted by Crippen LogP contribution is 2.37. The van der Waals surface area contributed by atoms with Crippen molar-refractivity contribution in [3.63, 3.8) is 0 Å². The number of ether oxygens (including phenoxy) is 1. The number of aromatic nitrogens is 5. The number of nitrogens with two attached hydrogens (primary N) is 1. The SMILES string of the molecule is C=CC(=O)N1CCCC(n2nc(-c3ccc(OCc4nccs4)c(Cl)c3)c3c(N)ncnc32)C1. The number of benzene rings is 1. The molecule has 0 saturated carbocycles. The molecule has 1 aliphatic heterocycles. The van der Waals surface area contributed by atoms with Gasteiger partial charge >= 0.3 is 0 Å². The van der Waals surface area contributed by atoms with E-state index in [1.54, 1.807) is 23.2 Å². The van der Waals surface area contributed by atoms with Crippen molar-refractivity contribution in [2.45, 2.75) is 25.5 Å². The van der Waals surface area contributed by atoms with Crippen LogP contribution in [-0.4, -0.2) is 48.6 Å². The van der Waals surface area contributed by atoms with E-state index in [4.69, 9.17) is 27.2 Å². The standard InChI is InChI=1S/C23H22ClN7O2S/c1-2-19(32)30-8-3-4-15(11-30)31-23-20(22(25)27-13-28-23)21(29-31)14-5-6-17(16(24)10-14)33-12-18-26-7-9-34-18/h2,5-7,9-10,13,15H,1,3-4,8,11-12H2,(H2,25,27,28). The summed E-state index contributed by atoms with van der Waals surface area (Å²) in [6.45, 7) is 5.17. The van der Waals surface area contributed by atoms with Gasteiger partial charge in [0, 0.05) is 30.2 Å². The quantitative estimate of drug-likeness (QED) is 0.400. The second kappa shape index (κ2) is 9.40. The van der Waals surface area contributed by atoms with Gasteiger partial charge < -0.3 is 15.4 Å². The van der Waals surface area contributed by atoms with Gasteiger partial charge in [0.05, 0.1) is 16.5 Å². The Morgan fingerprint density at radius 1 is 1.35 bits per heavy atom. The summed E-state index contributed by atoms with van der Waals surface area (Å²) in [5, 5.41) is 8.76. The average Bonchev–Trinajstić information content (AvgIpc) is 3.51. The number of nitrogen functional groups attached to an aromatic ring is 1. The Kier molecular flexibility index (Phi) is 6.16. The van der Waals surface area contributed by atoms with E-state index in [9.17, 15) is 4.79 Å². The van der Waals surface area contributed by atoms with Crippen LogP contribution in [0.4, 0.5) is 5.82 Å². The van der Waals surface area contributed by atoms with Crippen molar-refractivity contribution >= 4 is 45.7 Å². The van der Waals surface area contributed by atoms with Crippen LogP contribution in [0.25, 0.3) is 22.3 Å². The number of hydrogen-bond donors (Lipinski definition) is 1. The number of hydrogen-bond acceptors (Lipinski definition) is 8. The minimum absolute atomic E-state index is 0.0421. The maximum absolute atomic E-state index is 12.2. The second-order valence-corrected chi connectivity index (χ2v) is 9.28. The largest absolute Gasteiger partial charge is 0.485 e. The molecule has 1 fully saturated rings. The molecule has 4 heterocycles. The highest BCUT2D eigenvalue weighted by atomic mass is 35.5. The van der Waals surface area contributed by atoms with Gasteiger partial charge in [0.2, 0.25) is 5.91 Å². The zero-order valence-electron chi connectivity index (χ0n) is 18.2. The van der Waals surface area contributed by atoms with E-state index < -0.39 is 0 Å². The Morgan fingerprint density at radius 2 is 2.24 bits per heavy atom. The molecule has 0 radical (unpaired) electrons. The summed E-state index contributed by atoms with van der Waals surface area (Å²) in [6, 6.07) is 5.45. The van der Waals surface area contributed by atoms with Crippen molar-refractivity contribution in [2.24, 2.45) is 0 Å². The lowest BCUT2D eigenvalue weighted by Gasteiger charge is -2.32. The van der Waals surface area contributed by atoms with Crippen molar-refractivity contribution in [3.05, 3.63) is 58.8 Å². The molecule has 1 amide bonds. The molecular formula is C23H22ClN7O2S. The van der Waals surface area contributed by atoms with Crippen molar-refractivity contribution in [1.82, 2.24) is 29.6 Å². The number of nitrogens with zero attached hydrogens (tertiary/aromatic N) is 6. The predicted molar refractivity (Wildman–Crippen MR) is 132 cm³/mol. The monoisotopic (exact) mass is 495 g/mol. The van der Waals surface area contributed by atoms with E-state index in [2.05, 4.69) is 21.5 Å². The molecule has 34 heavy (non-hydrogen) atoms. The zero-order chi connectivity index (χ0) is 23.7. The number of rotatable bonds is 6. The Bertz CT molecular complexity index is 1360. The normalized spacial score (nSPS) is 16.0. The number of carbonyl (C=O) groups excluding carboxylic acids is 1. The van der Waals surface area contributed by atoms with E-state index in [-0.39, 0.29) is 11.9 Å². The summed E-state index contributed by atoms with van der Waals surface area (Å²) in [7, 11) is 0. The fourth-order valence-corrected chi connectivity index (χ4v) is 4.93. The zero-order valence-corrected chi connectivity index (χ0v) is 19.8. The van der Waals surface area contributed by atoms with Crippen molar-refractivity contribution in [2.75, 3.05) is 18.8 Å². The lowest BCUT2D eigenvalue weighted by atomic mass is 10.1. The van der Waals surface area contributed by atoms with Gasteiger partial charge in [0.15, 0.2) is 5.65 Å². The molecule has 1 aliphatic rings. The molecule has 2 N–H and O–H groups in total. The molecule has 5 rings (SSSR count). The van der Waals surface area contributed by atoms with Crippen LogP contribution in [0.2, 0.25) is 5.02 Å². The fourth-order valence-electron chi connectivity index (χ4n) is 4.16. The first-order valence-electron chi connectivity index (χ1n) is 10.8. The van der Waals surface area contributed by atoms with Gasteiger partial charge in [-0.1, -0.05) is 18.2 Å². The van der Waals surface area contributed by atoms with E-state index in [1.807, 2.05) is 16.1 Å². The number of thiazole rings is 1. The van der Waals surface area contributed by atoms with Crippen LogP contribution in [0.1, 0.15) is 23.9 Å². The van der Waals surface area contributed by atoms with Crippen LogP contribution in [0.5, 0.6) is 5.75 Å². The fraction of sp³-hybridized carbons (Fsp3) is 0.261. The third-order valence-corrected chi connectivity index (χ3v) is 6.84. The summed E-state index contributed by atoms with van der Waals surface area (Å²) in [4.78, 5) is 26.8. The third kappa shape index (κ3) is 4.22. The Morgan fingerprint density at radius 3 is 3.00 bits per heavy atom. The number of carbonyl (C=O) groups is 1. The molecule has 9 nitrogen and oxygen atoms in total. The van der Waals surface area contributed by atoms with Gasteiger partial charge in [-0.3, -0.25) is 4.79 Å². The molecule has 0 aliphatic carbocycles. The number of anilines is 1. The number of amides is 1. The molecule has 1 saturated heterocycles. The molecule has 3 aromatic heterocycles. The maximum Gasteiger partial charge on any atom is 0.246 e. The highest BCUT2D eigenvalue weighted by molar-refractivity contribution is 7.09. The first kappa shape index (κ1) is 22.3. The Labute approximate surface area is 204 Å². The minimum Gasteiger partial charge on any atom is -0.485 e. The van der Waals surface area contributed by atoms with Crippen LogP contribution >= 0.6 is 22.9 Å². The Hall–Kier alpha value is -3.50. The second-order valence-electron chi connectivity index (χ2n) is 7.89. The number of piperidine rings is 1. The number of halogens is 1. The van der Waals surface area contributed by atoms with Crippen LogP contribution in [0.15, 0.2) is 48.8 Å². The van der Waals surface area contributed by atoms with Gasteiger partial charge in [-0.15, -0.1) is 11.3 Å². The van der Waals surface area contributed by atoms with E-state index in [1.165, 1.54) is 23.7 Å². The van der Waals surface area contributed by atoms with E-state index in [0.29, 0.717) is 53.0 Å². The van der Waals surface area contributed by atoms with Gasteiger partial charge in [0.1, 0.15) is 35.2 Å². The van der Waals surface area contributed by atoms with E-state index >= 15 is 0 Å². The molecule has 1 unspecified atom stereocenters. The average molecular weight is 496 g/mol. The number of fused-ring (bicyclic) bond motifs is 1. The van der Waals surface area contributed by atoms with Gasteiger partial charge in [-0.2, -0.15) is 5.10 Å². The molecule has 4 aromatic rings. The summed E-state index contributed by atoms with van der Waals surface area (Å²) in [5.74, 6) is 0.802. The first-order chi connectivity index (χ1) is 16.5. The number of likely N-dealkylation sites (tertiary alicyclic amines) is 1. The highest BCUT2D eigenvalue weighted by Gasteiger charge is 2.28. The smallest absolute Gasteiger partial charge is 0.246 e. The van der Waals surface area contributed by atoms with Crippen LogP contribution < -0.4 is 10.5 Å². The van der Waals surface area contributed by atoms with Gasteiger partial charge in [-0.25, -0.2) is 19.6 Å². The van der Waals surface area contributed by atoms with Gasteiger partial charge in [-0.05, 0) is 37.1 Å². The Balaban J connectivity index is 1.50. The van der Waals surface area contributed by atoms with Crippen molar-refractivity contribution in [1.29, 1.82) is 0 Å². The third-order valence-electron chi connectivity index (χ3n) is 5.79. The summed E-state index contributed by atoms with van der Waals surface area (Å²) < 4.78 is 7.68. The lowest BCUT2D eigenvalue weighted by molar-refractivity contribution is -0.127. The topological polar surface area (TPSA) is 112 Å². The van der Waals surface area contributed by atoms with Crippen LogP contribution in [0, 0.1) is 0 Å². The first-order valence-corrected chi connectivity index (χ1v) is 12.0. The predicted octanol–water partition coefficient (Wildman–Crippen LogP) is 4.11. The molecule has 0 bridgehead atoms. The summed E-state index contributed by atoms with van der Waals surface area (Å²) in [6.07, 6.45) is 6.23. The van der Waals surface area contributed by atoms with Crippen molar-refractivity contribution < 1.29 is 9.53 Å².